The van der Waals surface area contributed by atoms with Crippen LogP contribution >= 0.6 is 47.4 Å². The Kier molecular flexibility index (Phi) is 4.73. The first kappa shape index (κ1) is 15.8. The maximum atomic E-state index is 6.41. The number of hydrogen-bond donors (Lipinski definition) is 1. The quantitative estimate of drug-likeness (QED) is 0.688. The lowest BCUT2D eigenvalue weighted by molar-refractivity contribution is 0.619. The second kappa shape index (κ2) is 6.58. The van der Waals surface area contributed by atoms with E-state index in [4.69, 9.17) is 23.2 Å². The molecular weight excluding hydrogens is 359 g/mol. The summed E-state index contributed by atoms with van der Waals surface area (Å²) in [4.78, 5) is 9.29. The summed E-state index contributed by atoms with van der Waals surface area (Å²) in [5, 5.41) is 2.04. The summed E-state index contributed by atoms with van der Waals surface area (Å²) in [7, 11) is 0. The number of thiol groups is 1. The maximum Gasteiger partial charge on any atom is 0.139 e. The highest BCUT2D eigenvalue weighted by atomic mass is 35.5. The van der Waals surface area contributed by atoms with Crippen LogP contribution in [0.5, 0.6) is 0 Å². The van der Waals surface area contributed by atoms with Crippen molar-refractivity contribution in [2.45, 2.75) is 24.3 Å². The molecule has 0 bridgehead atoms. The molecule has 2 aromatic heterocycles. The smallest absolute Gasteiger partial charge is 0.139 e. The van der Waals surface area contributed by atoms with E-state index in [9.17, 15) is 0 Å². The molecule has 22 heavy (non-hydrogen) atoms. The fourth-order valence-corrected chi connectivity index (χ4v) is 3.68. The molecule has 114 valence electrons. The lowest BCUT2D eigenvalue weighted by Crippen LogP contribution is -2.10. The number of benzene rings is 1. The summed E-state index contributed by atoms with van der Waals surface area (Å²) in [5.74, 6) is 0.725. The van der Waals surface area contributed by atoms with Crippen molar-refractivity contribution >= 4 is 47.4 Å². The Balaban J connectivity index is 2.07. The Morgan fingerprint density at radius 2 is 2.14 bits per heavy atom. The zero-order valence-corrected chi connectivity index (χ0v) is 14.8. The van der Waals surface area contributed by atoms with Crippen LogP contribution < -0.4 is 0 Å². The number of imidazole rings is 1. The molecule has 0 fully saturated rings. The van der Waals surface area contributed by atoms with E-state index in [1.807, 2.05) is 23.8 Å². The number of aryl methyl sites for hydroxylation is 1. The van der Waals surface area contributed by atoms with Crippen LogP contribution in [0.15, 0.2) is 35.7 Å². The number of nitrogens with zero attached hydrogens (tertiary/aromatic N) is 4. The van der Waals surface area contributed by atoms with Crippen LogP contribution in [0.25, 0.3) is 0 Å². The van der Waals surface area contributed by atoms with Crippen LogP contribution in [0.4, 0.5) is 0 Å². The standard InChI is InChI=1S/C14H12Cl2N4S2/c1-8-18-14(22-19-8)10(6-20-3-2-17-7-20)9-4-13(21)12(16)5-11(9)15/h2-5,7,10,21H,6H2,1H3. The fraction of sp³-hybridized carbons (Fsp3) is 0.214. The minimum absolute atomic E-state index is 0.0314. The summed E-state index contributed by atoms with van der Waals surface area (Å²) in [6, 6.07) is 3.61. The van der Waals surface area contributed by atoms with Gasteiger partial charge in [-0.3, -0.25) is 0 Å². The van der Waals surface area contributed by atoms with Crippen molar-refractivity contribution in [3.8, 4) is 0 Å². The van der Waals surface area contributed by atoms with Gasteiger partial charge in [-0.1, -0.05) is 23.2 Å². The Labute approximate surface area is 147 Å². The van der Waals surface area contributed by atoms with E-state index in [1.165, 1.54) is 11.5 Å². The molecule has 0 spiro atoms. The Bertz CT molecular complexity index is 786. The summed E-state index contributed by atoms with van der Waals surface area (Å²) < 4.78 is 6.27. The molecule has 1 aromatic carbocycles. The van der Waals surface area contributed by atoms with Crippen molar-refractivity contribution < 1.29 is 0 Å². The normalized spacial score (nSPS) is 12.5. The van der Waals surface area contributed by atoms with Crippen molar-refractivity contribution in [1.29, 1.82) is 0 Å². The number of halogens is 2. The van der Waals surface area contributed by atoms with E-state index in [2.05, 4.69) is 27.0 Å². The molecule has 0 aliphatic rings. The third-order valence-electron chi connectivity index (χ3n) is 3.24. The van der Waals surface area contributed by atoms with Gasteiger partial charge in [-0.25, -0.2) is 9.97 Å². The summed E-state index contributed by atoms with van der Waals surface area (Å²) in [6.07, 6.45) is 5.43. The lowest BCUT2D eigenvalue weighted by atomic mass is 9.99. The average Bonchev–Trinajstić information content (AvgIpc) is 3.12. The molecule has 0 aliphatic heterocycles. The minimum Gasteiger partial charge on any atom is -0.336 e. The Morgan fingerprint density at radius 3 is 2.77 bits per heavy atom. The second-order valence-corrected chi connectivity index (χ2v) is 6.90. The molecule has 3 rings (SSSR count). The first-order valence-electron chi connectivity index (χ1n) is 6.48. The highest BCUT2D eigenvalue weighted by Gasteiger charge is 2.22. The van der Waals surface area contributed by atoms with Crippen LogP contribution in [0.1, 0.15) is 22.3 Å². The predicted molar refractivity (Wildman–Crippen MR) is 92.4 cm³/mol. The molecule has 0 N–H and O–H groups in total. The van der Waals surface area contributed by atoms with Gasteiger partial charge in [0.2, 0.25) is 0 Å². The van der Waals surface area contributed by atoms with E-state index >= 15 is 0 Å². The minimum atomic E-state index is -0.0314. The number of aromatic nitrogens is 4. The van der Waals surface area contributed by atoms with Crippen molar-refractivity contribution in [2.24, 2.45) is 0 Å². The lowest BCUT2D eigenvalue weighted by Gasteiger charge is -2.17. The third-order valence-corrected chi connectivity index (χ3v) is 5.30. The van der Waals surface area contributed by atoms with E-state index in [0.29, 0.717) is 21.5 Å². The first-order valence-corrected chi connectivity index (χ1v) is 8.46. The van der Waals surface area contributed by atoms with Crippen LogP contribution in [-0.4, -0.2) is 18.9 Å². The highest BCUT2D eigenvalue weighted by molar-refractivity contribution is 7.80. The maximum absolute atomic E-state index is 6.41. The van der Waals surface area contributed by atoms with Gasteiger partial charge in [-0.15, -0.1) is 12.6 Å². The van der Waals surface area contributed by atoms with Crippen molar-refractivity contribution in [1.82, 2.24) is 18.9 Å². The van der Waals surface area contributed by atoms with Gasteiger partial charge >= 0.3 is 0 Å². The Hall–Kier alpha value is -1.08. The molecular formula is C14H12Cl2N4S2. The zero-order chi connectivity index (χ0) is 15.7. The Morgan fingerprint density at radius 1 is 1.32 bits per heavy atom. The van der Waals surface area contributed by atoms with Crippen LogP contribution in [0, 0.1) is 6.92 Å². The summed E-state index contributed by atoms with van der Waals surface area (Å²) >= 11 is 18.3. The van der Waals surface area contributed by atoms with Gasteiger partial charge < -0.3 is 4.57 Å². The van der Waals surface area contributed by atoms with Gasteiger partial charge in [0.15, 0.2) is 0 Å². The molecule has 3 aromatic rings. The average molecular weight is 371 g/mol. The van der Waals surface area contributed by atoms with Crippen molar-refractivity contribution in [3.63, 3.8) is 0 Å². The molecule has 0 aliphatic carbocycles. The molecule has 1 atom stereocenters. The number of hydrogen-bond acceptors (Lipinski definition) is 5. The molecule has 8 heteroatoms. The van der Waals surface area contributed by atoms with Gasteiger partial charge in [0.25, 0.3) is 0 Å². The van der Waals surface area contributed by atoms with Gasteiger partial charge in [-0.05, 0) is 36.2 Å². The van der Waals surface area contributed by atoms with Gasteiger partial charge in [0.05, 0.1) is 17.3 Å². The monoisotopic (exact) mass is 370 g/mol. The second-order valence-electron chi connectivity index (χ2n) is 4.82. The zero-order valence-electron chi connectivity index (χ0n) is 11.6. The van der Waals surface area contributed by atoms with Crippen molar-refractivity contribution in [3.05, 3.63) is 57.3 Å². The molecule has 0 saturated heterocycles. The molecule has 4 nitrogen and oxygen atoms in total. The van der Waals surface area contributed by atoms with E-state index in [1.54, 1.807) is 18.6 Å². The first-order chi connectivity index (χ1) is 10.5. The molecule has 0 amide bonds. The fourth-order valence-electron chi connectivity index (χ4n) is 2.19. The van der Waals surface area contributed by atoms with Crippen molar-refractivity contribution in [2.75, 3.05) is 0 Å². The number of rotatable bonds is 4. The van der Waals surface area contributed by atoms with E-state index in [0.717, 1.165) is 16.4 Å². The largest absolute Gasteiger partial charge is 0.336 e. The summed E-state index contributed by atoms with van der Waals surface area (Å²) in [5.41, 5.74) is 0.931. The SMILES string of the molecule is Cc1nsc(C(Cn2ccnc2)c2cc(S)c(Cl)cc2Cl)n1. The molecule has 0 saturated carbocycles. The topological polar surface area (TPSA) is 43.6 Å². The van der Waals surface area contributed by atoms with Gasteiger partial charge in [0, 0.05) is 28.9 Å². The highest BCUT2D eigenvalue weighted by Crippen LogP contribution is 2.36. The van der Waals surface area contributed by atoms with Crippen LogP contribution in [0.2, 0.25) is 10.0 Å². The van der Waals surface area contributed by atoms with E-state index in [-0.39, 0.29) is 5.92 Å². The van der Waals surface area contributed by atoms with Crippen LogP contribution in [0.3, 0.4) is 0 Å². The van der Waals surface area contributed by atoms with Crippen LogP contribution in [-0.2, 0) is 6.54 Å². The van der Waals surface area contributed by atoms with E-state index < -0.39 is 0 Å². The van der Waals surface area contributed by atoms with Gasteiger partial charge in [0.1, 0.15) is 10.8 Å². The molecule has 2 heterocycles. The molecule has 1 unspecified atom stereocenters. The third kappa shape index (κ3) is 3.30. The predicted octanol–water partition coefficient (Wildman–Crippen LogP) is 4.47. The van der Waals surface area contributed by atoms with Gasteiger partial charge in [-0.2, -0.15) is 4.37 Å². The molecule has 0 radical (unpaired) electrons. The summed E-state index contributed by atoms with van der Waals surface area (Å²) in [6.45, 7) is 2.55.